The number of hydrogen-bond acceptors (Lipinski definition) is 8. The average Bonchev–Trinajstić information content (AvgIpc) is 2.90. The van der Waals surface area contributed by atoms with Gasteiger partial charge in [0.2, 0.25) is 5.95 Å². The summed E-state index contributed by atoms with van der Waals surface area (Å²) >= 11 is 0. The molecule has 0 spiro atoms. The number of nitrogens with zero attached hydrogens (tertiary/aromatic N) is 5. The number of amides is 1. The van der Waals surface area contributed by atoms with Crippen LogP contribution < -0.4 is 15.1 Å². The number of likely N-dealkylation sites (N-methyl/N-ethyl adjacent to an activating group) is 1. The molecule has 1 saturated heterocycles. The number of fused-ring (bicyclic) bond motifs is 1. The molecule has 0 saturated carbocycles. The van der Waals surface area contributed by atoms with E-state index in [1.807, 2.05) is 42.3 Å². The lowest BCUT2D eigenvalue weighted by atomic mass is 10.1. The molecule has 1 N–H and O–H groups in total. The normalized spacial score (nSPS) is 16.8. The van der Waals surface area contributed by atoms with Gasteiger partial charge in [-0.25, -0.2) is 4.98 Å². The summed E-state index contributed by atoms with van der Waals surface area (Å²) < 4.78 is 11.2. The van der Waals surface area contributed by atoms with Crippen LogP contribution in [0.5, 0.6) is 0 Å². The van der Waals surface area contributed by atoms with E-state index < -0.39 is 0 Å². The van der Waals surface area contributed by atoms with Crippen LogP contribution in [0.1, 0.15) is 30.6 Å². The third kappa shape index (κ3) is 5.36. The first-order valence-corrected chi connectivity index (χ1v) is 12.0. The van der Waals surface area contributed by atoms with Crippen LogP contribution >= 0.6 is 0 Å². The SMILES string of the molecule is CCC(CN(C)c1nc(N2CCOC[C@@H]2C)c2ccc(-c3cccc(C(=O)NC)c3)nc2n1)OC. The van der Waals surface area contributed by atoms with E-state index in [1.54, 1.807) is 20.2 Å². The Hall–Kier alpha value is -3.30. The van der Waals surface area contributed by atoms with Crippen molar-refractivity contribution in [3.63, 3.8) is 0 Å². The summed E-state index contributed by atoms with van der Waals surface area (Å²) in [5.74, 6) is 1.33. The maximum atomic E-state index is 12.1. The van der Waals surface area contributed by atoms with Crippen LogP contribution in [0.4, 0.5) is 11.8 Å². The van der Waals surface area contributed by atoms with Crippen molar-refractivity contribution in [2.75, 3.05) is 57.3 Å². The maximum absolute atomic E-state index is 12.1. The van der Waals surface area contributed by atoms with Gasteiger partial charge < -0.3 is 24.6 Å². The monoisotopic (exact) mass is 478 g/mol. The topological polar surface area (TPSA) is 92.7 Å². The first-order valence-electron chi connectivity index (χ1n) is 12.0. The lowest BCUT2D eigenvalue weighted by molar-refractivity contribution is 0.0963. The molecule has 0 radical (unpaired) electrons. The van der Waals surface area contributed by atoms with Crippen LogP contribution in [-0.2, 0) is 9.47 Å². The number of benzene rings is 1. The Morgan fingerprint density at radius 3 is 2.83 bits per heavy atom. The minimum absolute atomic E-state index is 0.0804. The third-order valence-electron chi connectivity index (χ3n) is 6.42. The van der Waals surface area contributed by atoms with E-state index in [-0.39, 0.29) is 18.1 Å². The second kappa shape index (κ2) is 11.0. The Morgan fingerprint density at radius 2 is 2.11 bits per heavy atom. The molecule has 0 aliphatic carbocycles. The fourth-order valence-electron chi connectivity index (χ4n) is 4.30. The van der Waals surface area contributed by atoms with E-state index in [4.69, 9.17) is 24.4 Å². The number of hydrogen-bond donors (Lipinski definition) is 1. The predicted molar refractivity (Wildman–Crippen MR) is 138 cm³/mol. The highest BCUT2D eigenvalue weighted by molar-refractivity contribution is 5.95. The largest absolute Gasteiger partial charge is 0.380 e. The molecular formula is C26H34N6O3. The molecule has 1 amide bonds. The molecule has 9 heteroatoms. The van der Waals surface area contributed by atoms with E-state index in [2.05, 4.69) is 24.1 Å². The van der Waals surface area contributed by atoms with Gasteiger partial charge in [-0.2, -0.15) is 9.97 Å². The number of carbonyl (C=O) groups excluding carboxylic acids is 1. The van der Waals surface area contributed by atoms with Gasteiger partial charge in [-0.3, -0.25) is 4.79 Å². The second-order valence-corrected chi connectivity index (χ2v) is 8.84. The first kappa shape index (κ1) is 24.8. The van der Waals surface area contributed by atoms with E-state index in [9.17, 15) is 4.79 Å². The molecule has 186 valence electrons. The van der Waals surface area contributed by atoms with Gasteiger partial charge in [0.15, 0.2) is 5.65 Å². The van der Waals surface area contributed by atoms with Crippen molar-refractivity contribution in [3.05, 3.63) is 42.0 Å². The summed E-state index contributed by atoms with van der Waals surface area (Å²) in [7, 11) is 5.33. The number of morpholine rings is 1. The molecule has 3 heterocycles. The smallest absolute Gasteiger partial charge is 0.251 e. The summed E-state index contributed by atoms with van der Waals surface area (Å²) in [4.78, 5) is 31.2. The third-order valence-corrected chi connectivity index (χ3v) is 6.42. The number of ether oxygens (including phenoxy) is 2. The number of methoxy groups -OCH3 is 1. The molecule has 1 aliphatic rings. The number of pyridine rings is 1. The number of carbonyl (C=O) groups is 1. The molecule has 3 aromatic rings. The Bertz CT molecular complexity index is 1180. The minimum Gasteiger partial charge on any atom is -0.380 e. The Kier molecular flexibility index (Phi) is 7.77. The number of anilines is 2. The van der Waals surface area contributed by atoms with Gasteiger partial charge in [0, 0.05) is 45.4 Å². The quantitative estimate of drug-likeness (QED) is 0.528. The first-order chi connectivity index (χ1) is 16.9. The highest BCUT2D eigenvalue weighted by Gasteiger charge is 2.25. The molecule has 4 rings (SSSR count). The van der Waals surface area contributed by atoms with Crippen LogP contribution in [-0.4, -0.2) is 80.5 Å². The molecule has 1 fully saturated rings. The van der Waals surface area contributed by atoms with Gasteiger partial charge >= 0.3 is 0 Å². The van der Waals surface area contributed by atoms with Gasteiger partial charge in [-0.05, 0) is 37.6 Å². The number of aromatic nitrogens is 3. The van der Waals surface area contributed by atoms with Crippen molar-refractivity contribution in [1.29, 1.82) is 0 Å². The molecule has 35 heavy (non-hydrogen) atoms. The zero-order valence-electron chi connectivity index (χ0n) is 21.1. The Morgan fingerprint density at radius 1 is 1.29 bits per heavy atom. The number of rotatable bonds is 8. The van der Waals surface area contributed by atoms with Crippen LogP contribution in [0.3, 0.4) is 0 Å². The average molecular weight is 479 g/mol. The van der Waals surface area contributed by atoms with Gasteiger partial charge in [0.1, 0.15) is 5.82 Å². The molecule has 1 aliphatic heterocycles. The van der Waals surface area contributed by atoms with Crippen molar-refractivity contribution >= 4 is 28.7 Å². The fraction of sp³-hybridized carbons (Fsp3) is 0.462. The highest BCUT2D eigenvalue weighted by Crippen LogP contribution is 2.30. The molecule has 9 nitrogen and oxygen atoms in total. The standard InChI is InChI=1S/C26H34N6O3/c1-6-20(34-5)15-31(4)26-29-23-21(24(30-26)32-12-13-35-16-17(32)2)10-11-22(28-23)18-8-7-9-19(14-18)25(33)27-3/h7-11,14,17,20H,6,12-13,15-16H2,1-5H3,(H,27,33)/t17-,20?/m0/s1. The lowest BCUT2D eigenvalue weighted by Crippen LogP contribution is -2.44. The molecule has 2 atom stereocenters. The summed E-state index contributed by atoms with van der Waals surface area (Å²) in [6, 6.07) is 11.6. The van der Waals surface area contributed by atoms with Crippen LogP contribution in [0.25, 0.3) is 22.3 Å². The van der Waals surface area contributed by atoms with E-state index in [1.165, 1.54) is 0 Å². The summed E-state index contributed by atoms with van der Waals surface area (Å²) in [6.45, 7) is 6.97. The molecule has 1 unspecified atom stereocenters. The van der Waals surface area contributed by atoms with Gasteiger partial charge in [0.05, 0.1) is 36.4 Å². The van der Waals surface area contributed by atoms with E-state index >= 15 is 0 Å². The summed E-state index contributed by atoms with van der Waals surface area (Å²) in [6.07, 6.45) is 0.975. The van der Waals surface area contributed by atoms with Gasteiger partial charge in [-0.1, -0.05) is 19.1 Å². The molecule has 1 aromatic carbocycles. The lowest BCUT2D eigenvalue weighted by Gasteiger charge is -2.35. The molecule has 2 aromatic heterocycles. The van der Waals surface area contributed by atoms with Crippen molar-refractivity contribution in [3.8, 4) is 11.3 Å². The Labute approximate surface area is 206 Å². The van der Waals surface area contributed by atoms with E-state index in [0.29, 0.717) is 36.9 Å². The molecular weight excluding hydrogens is 444 g/mol. The van der Waals surface area contributed by atoms with Crippen LogP contribution in [0.15, 0.2) is 36.4 Å². The van der Waals surface area contributed by atoms with Gasteiger partial charge in [0.25, 0.3) is 5.91 Å². The maximum Gasteiger partial charge on any atom is 0.251 e. The van der Waals surface area contributed by atoms with Gasteiger partial charge in [-0.15, -0.1) is 0 Å². The zero-order valence-corrected chi connectivity index (χ0v) is 21.1. The summed E-state index contributed by atoms with van der Waals surface area (Å²) in [5, 5.41) is 3.56. The zero-order chi connectivity index (χ0) is 24.9. The van der Waals surface area contributed by atoms with Crippen LogP contribution in [0, 0.1) is 0 Å². The van der Waals surface area contributed by atoms with Crippen molar-refractivity contribution in [1.82, 2.24) is 20.3 Å². The molecule has 0 bridgehead atoms. The summed E-state index contributed by atoms with van der Waals surface area (Å²) in [5.41, 5.74) is 2.81. The number of nitrogens with one attached hydrogen (secondary N) is 1. The fourth-order valence-corrected chi connectivity index (χ4v) is 4.30. The van der Waals surface area contributed by atoms with Crippen molar-refractivity contribution in [2.45, 2.75) is 32.4 Å². The van der Waals surface area contributed by atoms with E-state index in [0.717, 1.165) is 35.4 Å². The second-order valence-electron chi connectivity index (χ2n) is 8.84. The van der Waals surface area contributed by atoms with Crippen LogP contribution in [0.2, 0.25) is 0 Å². The Balaban J connectivity index is 1.81. The highest BCUT2D eigenvalue weighted by atomic mass is 16.5. The predicted octanol–water partition coefficient (Wildman–Crippen LogP) is 3.14. The van der Waals surface area contributed by atoms with Crippen molar-refractivity contribution < 1.29 is 14.3 Å². The minimum atomic E-state index is -0.133. The van der Waals surface area contributed by atoms with Crippen molar-refractivity contribution in [2.24, 2.45) is 0 Å².